The molecule has 1 atom stereocenters. The fraction of sp³-hybridized carbons (Fsp3) is 0.391. The van der Waals surface area contributed by atoms with Crippen LogP contribution in [-0.2, 0) is 29.0 Å². The maximum Gasteiger partial charge on any atom is 0.412 e. The van der Waals surface area contributed by atoms with Gasteiger partial charge >= 0.3 is 6.09 Å². The van der Waals surface area contributed by atoms with Crippen molar-refractivity contribution in [2.75, 3.05) is 5.32 Å². The summed E-state index contributed by atoms with van der Waals surface area (Å²) in [7, 11) is 0. The average molecular weight is 396 g/mol. The van der Waals surface area contributed by atoms with Crippen LogP contribution in [0.2, 0.25) is 0 Å². The first-order valence-electron chi connectivity index (χ1n) is 9.83. The zero-order chi connectivity index (χ0) is 21.2. The largest absolute Gasteiger partial charge is 0.444 e. The lowest BCUT2D eigenvalue weighted by atomic mass is 9.98. The number of fused-ring (bicyclic) bond motifs is 1. The number of ether oxygens (including phenoxy) is 1. The van der Waals surface area contributed by atoms with E-state index in [1.807, 2.05) is 70.2 Å². The maximum absolute atomic E-state index is 12.8. The van der Waals surface area contributed by atoms with Gasteiger partial charge in [-0.25, -0.2) is 4.79 Å². The standard InChI is InChI=1S/C23H29N3O3/c1-15-10-17-11-19(24)21(27)26(13-16-8-6-5-7-9-16)14-18(17)12-20(15)25-22(28)29-23(2,3)4/h5-10,12,19H,11,13-14,24H2,1-4H3,(H,25,28)/t19-/m1/s1. The van der Waals surface area contributed by atoms with Crippen LogP contribution in [0.4, 0.5) is 10.5 Å². The first-order chi connectivity index (χ1) is 13.6. The van der Waals surface area contributed by atoms with Crippen molar-refractivity contribution >= 4 is 17.7 Å². The third-order valence-corrected chi connectivity index (χ3v) is 4.83. The third-order valence-electron chi connectivity index (χ3n) is 4.83. The first-order valence-corrected chi connectivity index (χ1v) is 9.83. The predicted octanol–water partition coefficient (Wildman–Crippen LogP) is 3.75. The van der Waals surface area contributed by atoms with Crippen molar-refractivity contribution in [2.24, 2.45) is 5.73 Å². The van der Waals surface area contributed by atoms with Gasteiger partial charge in [0.1, 0.15) is 5.60 Å². The van der Waals surface area contributed by atoms with Crippen LogP contribution in [0.15, 0.2) is 42.5 Å². The Bertz CT molecular complexity index is 904. The molecule has 0 bridgehead atoms. The summed E-state index contributed by atoms with van der Waals surface area (Å²) in [5.74, 6) is -0.0654. The highest BCUT2D eigenvalue weighted by Gasteiger charge is 2.28. The van der Waals surface area contributed by atoms with E-state index in [1.54, 1.807) is 4.90 Å². The van der Waals surface area contributed by atoms with E-state index in [-0.39, 0.29) is 5.91 Å². The molecule has 6 heteroatoms. The molecule has 1 aliphatic heterocycles. The van der Waals surface area contributed by atoms with Gasteiger partial charge in [-0.2, -0.15) is 0 Å². The lowest BCUT2D eigenvalue weighted by molar-refractivity contribution is -0.133. The smallest absolute Gasteiger partial charge is 0.412 e. The lowest BCUT2D eigenvalue weighted by Gasteiger charge is -2.23. The molecular formula is C23H29N3O3. The molecule has 0 saturated carbocycles. The summed E-state index contributed by atoms with van der Waals surface area (Å²) in [5.41, 5.74) is 10.3. The first kappa shape index (κ1) is 20.9. The monoisotopic (exact) mass is 395 g/mol. The summed E-state index contributed by atoms with van der Waals surface area (Å²) in [6.07, 6.45) is -0.0180. The number of rotatable bonds is 3. The fourth-order valence-electron chi connectivity index (χ4n) is 3.48. The van der Waals surface area contributed by atoms with Gasteiger partial charge in [0.15, 0.2) is 0 Å². The molecule has 1 aliphatic rings. The van der Waals surface area contributed by atoms with Crippen molar-refractivity contribution in [3.8, 4) is 0 Å². The van der Waals surface area contributed by atoms with Gasteiger partial charge in [-0.15, -0.1) is 0 Å². The number of hydrogen-bond acceptors (Lipinski definition) is 4. The molecule has 2 aromatic carbocycles. The number of aryl methyl sites for hydroxylation is 1. The fourth-order valence-corrected chi connectivity index (χ4v) is 3.48. The topological polar surface area (TPSA) is 84.7 Å². The number of hydrogen-bond donors (Lipinski definition) is 2. The Labute approximate surface area is 172 Å². The molecule has 3 rings (SSSR count). The molecule has 2 aromatic rings. The number of carbonyl (C=O) groups is 2. The van der Waals surface area contributed by atoms with Crippen molar-refractivity contribution in [3.63, 3.8) is 0 Å². The molecule has 0 unspecified atom stereocenters. The quantitative estimate of drug-likeness (QED) is 0.829. The highest BCUT2D eigenvalue weighted by Crippen LogP contribution is 2.27. The Morgan fingerprint density at radius 2 is 1.90 bits per heavy atom. The van der Waals surface area contributed by atoms with Crippen LogP contribution in [0.5, 0.6) is 0 Å². The summed E-state index contributed by atoms with van der Waals surface area (Å²) < 4.78 is 5.37. The zero-order valence-electron chi connectivity index (χ0n) is 17.5. The van der Waals surface area contributed by atoms with E-state index in [0.717, 1.165) is 22.3 Å². The van der Waals surface area contributed by atoms with Crippen LogP contribution in [0.1, 0.15) is 43.0 Å². The molecule has 0 saturated heterocycles. The molecule has 3 N–H and O–H groups in total. The van der Waals surface area contributed by atoms with E-state index in [1.165, 1.54) is 0 Å². The second kappa shape index (κ2) is 8.25. The van der Waals surface area contributed by atoms with E-state index in [2.05, 4.69) is 5.32 Å². The van der Waals surface area contributed by atoms with Crippen LogP contribution in [0.25, 0.3) is 0 Å². The number of nitrogens with one attached hydrogen (secondary N) is 1. The number of anilines is 1. The van der Waals surface area contributed by atoms with Crippen molar-refractivity contribution in [2.45, 2.75) is 58.8 Å². The average Bonchev–Trinajstić information content (AvgIpc) is 2.73. The van der Waals surface area contributed by atoms with Crippen molar-refractivity contribution in [1.29, 1.82) is 0 Å². The Morgan fingerprint density at radius 1 is 1.21 bits per heavy atom. The second-order valence-electron chi connectivity index (χ2n) is 8.55. The van der Waals surface area contributed by atoms with E-state index in [9.17, 15) is 9.59 Å². The molecule has 0 fully saturated rings. The summed E-state index contributed by atoms with van der Waals surface area (Å²) in [5, 5.41) is 2.83. The molecular weight excluding hydrogens is 366 g/mol. The van der Waals surface area contributed by atoms with Gasteiger partial charge in [0.25, 0.3) is 0 Å². The van der Waals surface area contributed by atoms with Crippen LogP contribution in [-0.4, -0.2) is 28.5 Å². The van der Waals surface area contributed by atoms with Gasteiger partial charge in [-0.1, -0.05) is 36.4 Å². The van der Waals surface area contributed by atoms with Gasteiger partial charge in [-0.3, -0.25) is 10.1 Å². The molecule has 2 amide bonds. The van der Waals surface area contributed by atoms with Crippen LogP contribution < -0.4 is 11.1 Å². The van der Waals surface area contributed by atoms with Crippen molar-refractivity contribution in [1.82, 2.24) is 4.90 Å². The third kappa shape index (κ3) is 5.35. The summed E-state index contributed by atoms with van der Waals surface area (Å²) in [4.78, 5) is 26.8. The Balaban J connectivity index is 1.86. The number of nitrogens with zero attached hydrogens (tertiary/aromatic N) is 1. The SMILES string of the molecule is Cc1cc2c(cc1NC(=O)OC(C)(C)C)CN(Cc1ccccc1)C(=O)[C@H](N)C2. The highest BCUT2D eigenvalue weighted by molar-refractivity contribution is 5.87. The highest BCUT2D eigenvalue weighted by atomic mass is 16.6. The minimum Gasteiger partial charge on any atom is -0.444 e. The maximum atomic E-state index is 12.8. The number of carbonyl (C=O) groups excluding carboxylic acids is 2. The molecule has 0 radical (unpaired) electrons. The normalized spacial score (nSPS) is 16.8. The number of benzene rings is 2. The summed E-state index contributed by atoms with van der Waals surface area (Å²) >= 11 is 0. The molecule has 154 valence electrons. The molecule has 29 heavy (non-hydrogen) atoms. The number of nitrogens with two attached hydrogens (primary N) is 1. The van der Waals surface area contributed by atoms with E-state index in [4.69, 9.17) is 10.5 Å². The Hall–Kier alpha value is -2.86. The van der Waals surface area contributed by atoms with E-state index < -0.39 is 17.7 Å². The van der Waals surface area contributed by atoms with Crippen molar-refractivity contribution in [3.05, 3.63) is 64.7 Å². The summed E-state index contributed by atoms with van der Waals surface area (Å²) in [6.45, 7) is 8.34. The zero-order valence-corrected chi connectivity index (χ0v) is 17.5. The molecule has 6 nitrogen and oxygen atoms in total. The van der Waals surface area contributed by atoms with Crippen molar-refractivity contribution < 1.29 is 14.3 Å². The van der Waals surface area contributed by atoms with Gasteiger partial charge in [0.2, 0.25) is 5.91 Å². The number of amides is 2. The second-order valence-corrected chi connectivity index (χ2v) is 8.55. The Kier molecular flexibility index (Phi) is 5.94. The minimum atomic E-state index is -0.580. The van der Waals surface area contributed by atoms with E-state index in [0.29, 0.717) is 25.2 Å². The molecule has 0 spiro atoms. The molecule has 1 heterocycles. The summed E-state index contributed by atoms with van der Waals surface area (Å²) in [6, 6.07) is 13.2. The van der Waals surface area contributed by atoms with Gasteiger partial charge in [0, 0.05) is 18.8 Å². The van der Waals surface area contributed by atoms with Gasteiger partial charge < -0.3 is 15.4 Å². The van der Waals surface area contributed by atoms with Gasteiger partial charge in [0.05, 0.1) is 6.04 Å². The molecule has 0 aromatic heterocycles. The lowest BCUT2D eigenvalue weighted by Crippen LogP contribution is -2.42. The predicted molar refractivity (Wildman–Crippen MR) is 113 cm³/mol. The van der Waals surface area contributed by atoms with Gasteiger partial charge in [-0.05, 0) is 62.4 Å². The van der Waals surface area contributed by atoms with Crippen LogP contribution in [0, 0.1) is 6.92 Å². The van der Waals surface area contributed by atoms with E-state index >= 15 is 0 Å². The van der Waals surface area contributed by atoms with Crippen LogP contribution >= 0.6 is 0 Å². The van der Waals surface area contributed by atoms with Crippen LogP contribution in [0.3, 0.4) is 0 Å². The Morgan fingerprint density at radius 3 is 2.55 bits per heavy atom. The molecule has 0 aliphatic carbocycles. The minimum absolute atomic E-state index is 0.0654.